The van der Waals surface area contributed by atoms with Crippen LogP contribution in [-0.4, -0.2) is 27.9 Å². The summed E-state index contributed by atoms with van der Waals surface area (Å²) in [6.45, 7) is 0.583. The molecule has 1 N–H and O–H groups in total. The molecule has 0 aliphatic heterocycles. The molecule has 1 aromatic rings. The molecule has 0 saturated carbocycles. The number of carbonyl (C=O) groups excluding carboxylic acids is 1. The zero-order valence-electron chi connectivity index (χ0n) is 6.29. The largest absolute Gasteiger partial charge is 0.351 e. The van der Waals surface area contributed by atoms with Crippen LogP contribution in [0, 0.1) is 0 Å². The number of halogens is 1. The van der Waals surface area contributed by atoms with E-state index in [2.05, 4.69) is 14.9 Å². The van der Waals surface area contributed by atoms with Crippen molar-refractivity contribution in [2.75, 3.05) is 12.4 Å². The van der Waals surface area contributed by atoms with E-state index in [1.165, 1.54) is 0 Å². The van der Waals surface area contributed by atoms with E-state index in [1.807, 2.05) is 0 Å². The summed E-state index contributed by atoms with van der Waals surface area (Å²) in [4.78, 5) is 11.1. The minimum Gasteiger partial charge on any atom is -0.351 e. The molecule has 0 atom stereocenters. The van der Waals surface area contributed by atoms with Crippen molar-refractivity contribution in [3.8, 4) is 0 Å². The number of carbonyl (C=O) groups is 1. The van der Waals surface area contributed by atoms with Crippen LogP contribution >= 0.6 is 23.1 Å². The third-order valence-electron chi connectivity index (χ3n) is 1.19. The van der Waals surface area contributed by atoms with Gasteiger partial charge in [0, 0.05) is 17.8 Å². The number of nitrogens with one attached hydrogen (secondary N) is 1. The molecule has 66 valence electrons. The van der Waals surface area contributed by atoms with Gasteiger partial charge in [0.05, 0.1) is 0 Å². The fraction of sp³-hybridized carbons (Fsp3) is 0.500. The second kappa shape index (κ2) is 5.05. The van der Waals surface area contributed by atoms with Crippen molar-refractivity contribution in [1.29, 1.82) is 0 Å². The maximum absolute atomic E-state index is 11.1. The van der Waals surface area contributed by atoms with E-state index in [4.69, 9.17) is 11.6 Å². The first kappa shape index (κ1) is 9.41. The summed E-state index contributed by atoms with van der Waals surface area (Å²) >= 11 is 6.59. The standard InChI is InChI=1S/C6H8ClN3OS/c7-2-1-3-8-6(11)5-4-12-10-9-5/h4H,1-3H2,(H,8,11). The minimum atomic E-state index is -0.186. The van der Waals surface area contributed by atoms with E-state index in [-0.39, 0.29) is 5.91 Å². The lowest BCUT2D eigenvalue weighted by atomic mass is 10.4. The van der Waals surface area contributed by atoms with Crippen LogP contribution in [-0.2, 0) is 0 Å². The fourth-order valence-corrected chi connectivity index (χ4v) is 1.19. The van der Waals surface area contributed by atoms with Crippen LogP contribution in [0.5, 0.6) is 0 Å². The number of nitrogens with zero attached hydrogens (tertiary/aromatic N) is 2. The van der Waals surface area contributed by atoms with Gasteiger partial charge in [-0.25, -0.2) is 0 Å². The Labute approximate surface area is 79.1 Å². The highest BCUT2D eigenvalue weighted by Gasteiger charge is 2.06. The monoisotopic (exact) mass is 205 g/mol. The summed E-state index contributed by atoms with van der Waals surface area (Å²) in [6.07, 6.45) is 0.769. The highest BCUT2D eigenvalue weighted by Crippen LogP contribution is 1.96. The van der Waals surface area contributed by atoms with Crippen molar-refractivity contribution < 1.29 is 4.79 Å². The van der Waals surface area contributed by atoms with Gasteiger partial charge in [-0.1, -0.05) is 4.49 Å². The van der Waals surface area contributed by atoms with Crippen molar-refractivity contribution in [2.45, 2.75) is 6.42 Å². The molecule has 0 aromatic carbocycles. The van der Waals surface area contributed by atoms with Crippen molar-refractivity contribution in [1.82, 2.24) is 14.9 Å². The van der Waals surface area contributed by atoms with Gasteiger partial charge in [-0.05, 0) is 18.0 Å². The molecule has 1 aromatic heterocycles. The molecular weight excluding hydrogens is 198 g/mol. The molecule has 0 saturated heterocycles. The quantitative estimate of drug-likeness (QED) is 0.587. The summed E-state index contributed by atoms with van der Waals surface area (Å²) in [7, 11) is 0. The third-order valence-corrected chi connectivity index (χ3v) is 1.96. The van der Waals surface area contributed by atoms with Crippen LogP contribution in [0.2, 0.25) is 0 Å². The van der Waals surface area contributed by atoms with E-state index >= 15 is 0 Å². The lowest BCUT2D eigenvalue weighted by Gasteiger charge is -1.98. The first-order valence-corrected chi connectivity index (χ1v) is 4.83. The van der Waals surface area contributed by atoms with Crippen LogP contribution < -0.4 is 5.32 Å². The van der Waals surface area contributed by atoms with Gasteiger partial charge < -0.3 is 5.32 Å². The van der Waals surface area contributed by atoms with Gasteiger partial charge in [0.15, 0.2) is 5.69 Å². The van der Waals surface area contributed by atoms with Crippen molar-refractivity contribution in [3.63, 3.8) is 0 Å². The number of alkyl halides is 1. The van der Waals surface area contributed by atoms with E-state index in [0.29, 0.717) is 18.1 Å². The smallest absolute Gasteiger partial charge is 0.272 e. The van der Waals surface area contributed by atoms with E-state index in [0.717, 1.165) is 18.0 Å². The van der Waals surface area contributed by atoms with Gasteiger partial charge in [-0.15, -0.1) is 16.7 Å². The summed E-state index contributed by atoms with van der Waals surface area (Å²) in [6, 6.07) is 0. The van der Waals surface area contributed by atoms with Gasteiger partial charge in [-0.3, -0.25) is 4.79 Å². The maximum Gasteiger partial charge on any atom is 0.272 e. The molecule has 6 heteroatoms. The third kappa shape index (κ3) is 2.75. The second-order valence-corrected chi connectivity index (χ2v) is 3.08. The normalized spacial score (nSPS) is 9.75. The molecule has 1 heterocycles. The Bertz CT molecular complexity index is 239. The zero-order valence-corrected chi connectivity index (χ0v) is 7.86. The highest BCUT2D eigenvalue weighted by atomic mass is 35.5. The Morgan fingerprint density at radius 2 is 2.58 bits per heavy atom. The van der Waals surface area contributed by atoms with Crippen molar-refractivity contribution >= 4 is 29.0 Å². The summed E-state index contributed by atoms with van der Waals surface area (Å²) in [5.41, 5.74) is 0.370. The topological polar surface area (TPSA) is 54.9 Å². The predicted molar refractivity (Wildman–Crippen MR) is 47.6 cm³/mol. The Morgan fingerprint density at radius 1 is 1.75 bits per heavy atom. The van der Waals surface area contributed by atoms with Gasteiger partial charge >= 0.3 is 0 Å². The van der Waals surface area contributed by atoms with Gasteiger partial charge in [0.1, 0.15) is 0 Å². The molecule has 0 unspecified atom stereocenters. The molecule has 0 spiro atoms. The Kier molecular flexibility index (Phi) is 3.96. The average molecular weight is 206 g/mol. The second-order valence-electron chi connectivity index (χ2n) is 2.09. The first-order chi connectivity index (χ1) is 5.84. The molecule has 1 rings (SSSR count). The summed E-state index contributed by atoms with van der Waals surface area (Å²) < 4.78 is 3.58. The molecule has 0 bridgehead atoms. The highest BCUT2D eigenvalue weighted by molar-refractivity contribution is 7.03. The Balaban J connectivity index is 2.30. The number of rotatable bonds is 4. The summed E-state index contributed by atoms with van der Waals surface area (Å²) in [5, 5.41) is 7.89. The zero-order chi connectivity index (χ0) is 8.81. The number of hydrogen-bond acceptors (Lipinski definition) is 4. The lowest BCUT2D eigenvalue weighted by Crippen LogP contribution is -2.24. The average Bonchev–Trinajstić information content (AvgIpc) is 2.56. The first-order valence-electron chi connectivity index (χ1n) is 3.46. The van der Waals surface area contributed by atoms with Gasteiger partial charge in [-0.2, -0.15) is 0 Å². The van der Waals surface area contributed by atoms with Gasteiger partial charge in [0.2, 0.25) is 0 Å². The molecular formula is C6H8ClN3OS. The lowest BCUT2D eigenvalue weighted by molar-refractivity contribution is 0.0949. The number of hydrogen-bond donors (Lipinski definition) is 1. The Hall–Kier alpha value is -0.680. The molecule has 0 aliphatic carbocycles. The van der Waals surface area contributed by atoms with Crippen LogP contribution in [0.15, 0.2) is 5.38 Å². The molecule has 4 nitrogen and oxygen atoms in total. The predicted octanol–water partition coefficient (Wildman–Crippen LogP) is 0.897. The van der Waals surface area contributed by atoms with Crippen molar-refractivity contribution in [3.05, 3.63) is 11.1 Å². The molecule has 12 heavy (non-hydrogen) atoms. The summed E-state index contributed by atoms with van der Waals surface area (Å²) in [5.74, 6) is 0.365. The molecule has 0 aliphatic rings. The van der Waals surface area contributed by atoms with Crippen LogP contribution in [0.4, 0.5) is 0 Å². The number of aromatic nitrogens is 2. The fourth-order valence-electron chi connectivity index (χ4n) is 0.623. The molecule has 1 amide bonds. The minimum absolute atomic E-state index is 0.186. The van der Waals surface area contributed by atoms with Crippen molar-refractivity contribution in [2.24, 2.45) is 0 Å². The van der Waals surface area contributed by atoms with E-state index in [9.17, 15) is 4.79 Å². The van der Waals surface area contributed by atoms with Crippen LogP contribution in [0.25, 0.3) is 0 Å². The SMILES string of the molecule is O=C(NCCCCl)c1csnn1. The van der Waals surface area contributed by atoms with E-state index < -0.39 is 0 Å². The van der Waals surface area contributed by atoms with Crippen LogP contribution in [0.3, 0.4) is 0 Å². The molecule has 0 fully saturated rings. The van der Waals surface area contributed by atoms with E-state index in [1.54, 1.807) is 5.38 Å². The molecule has 0 radical (unpaired) electrons. The van der Waals surface area contributed by atoms with Crippen LogP contribution in [0.1, 0.15) is 16.9 Å². The maximum atomic E-state index is 11.1. The number of amides is 1. The van der Waals surface area contributed by atoms with Gasteiger partial charge in [0.25, 0.3) is 5.91 Å². The Morgan fingerprint density at radius 3 is 3.17 bits per heavy atom.